The van der Waals surface area contributed by atoms with Gasteiger partial charge in [-0.2, -0.15) is 13.2 Å². The van der Waals surface area contributed by atoms with Gasteiger partial charge < -0.3 is 0 Å². The first-order valence-electron chi connectivity index (χ1n) is 10.2. The fourth-order valence-corrected chi connectivity index (χ4v) is 4.64. The average molecular weight is 422 g/mol. The Balaban J connectivity index is 1.59. The van der Waals surface area contributed by atoms with Gasteiger partial charge in [0, 0.05) is 11.5 Å². The van der Waals surface area contributed by atoms with E-state index in [1.807, 2.05) is 18.2 Å². The minimum absolute atomic E-state index is 0.113. The third-order valence-corrected chi connectivity index (χ3v) is 6.20. The summed E-state index contributed by atoms with van der Waals surface area (Å²) >= 11 is 0. The summed E-state index contributed by atoms with van der Waals surface area (Å²) in [7, 11) is 0. The summed E-state index contributed by atoms with van der Waals surface area (Å²) in [5.74, 6) is -2.33. The first-order valence-corrected chi connectivity index (χ1v) is 10.2. The molecule has 3 aromatic rings. The molecule has 156 valence electrons. The van der Waals surface area contributed by atoms with Crippen molar-refractivity contribution in [3.8, 4) is 11.1 Å². The number of hydrogen-bond acceptors (Lipinski definition) is 1. The lowest BCUT2D eigenvalue weighted by atomic mass is 9.82. The number of halogens is 4. The molecule has 0 radical (unpaired) electrons. The van der Waals surface area contributed by atoms with Gasteiger partial charge in [-0.05, 0) is 70.2 Å². The van der Waals surface area contributed by atoms with Gasteiger partial charge in [-0.25, -0.2) is 4.39 Å². The number of hydrogen-bond donors (Lipinski definition) is 0. The maximum Gasteiger partial charge on any atom is 0.419 e. The predicted octanol–water partition coefficient (Wildman–Crippen LogP) is 5.07. The second-order valence-corrected chi connectivity index (χ2v) is 8.03. The third-order valence-electron chi connectivity index (χ3n) is 6.20. The highest BCUT2D eigenvalue weighted by atomic mass is 19.4. The summed E-state index contributed by atoms with van der Waals surface area (Å²) in [5.41, 5.74) is 3.12. The van der Waals surface area contributed by atoms with Crippen LogP contribution in [0, 0.1) is 11.7 Å². The molecule has 0 N–H and O–H groups in total. The van der Waals surface area contributed by atoms with Crippen LogP contribution in [-0.4, -0.2) is 5.78 Å². The fourth-order valence-electron chi connectivity index (χ4n) is 4.64. The van der Waals surface area contributed by atoms with Crippen LogP contribution in [0.5, 0.6) is 0 Å². The summed E-state index contributed by atoms with van der Waals surface area (Å²) < 4.78 is 52.9. The van der Waals surface area contributed by atoms with E-state index < -0.39 is 29.3 Å². The first-order chi connectivity index (χ1) is 14.8. The zero-order valence-corrected chi connectivity index (χ0v) is 16.5. The number of benzene rings is 3. The van der Waals surface area contributed by atoms with Crippen molar-refractivity contribution in [2.24, 2.45) is 5.92 Å². The molecule has 31 heavy (non-hydrogen) atoms. The Bertz CT molecular complexity index is 1330. The Morgan fingerprint density at radius 2 is 1.71 bits per heavy atom. The zero-order chi connectivity index (χ0) is 21.8. The summed E-state index contributed by atoms with van der Waals surface area (Å²) in [4.78, 5) is 13.0. The van der Waals surface area contributed by atoms with E-state index in [9.17, 15) is 22.4 Å². The Morgan fingerprint density at radius 1 is 0.903 bits per heavy atom. The molecule has 5 heteroatoms. The van der Waals surface area contributed by atoms with Crippen LogP contribution in [0.2, 0.25) is 0 Å². The lowest BCUT2D eigenvalue weighted by Gasteiger charge is -2.21. The molecular weight excluding hydrogens is 404 g/mol. The predicted molar refractivity (Wildman–Crippen MR) is 111 cm³/mol. The molecule has 5 rings (SSSR count). The van der Waals surface area contributed by atoms with Crippen molar-refractivity contribution >= 4 is 17.9 Å². The number of fused-ring (bicyclic) bond motifs is 5. The average Bonchev–Trinajstić information content (AvgIpc) is 2.77. The molecule has 0 amide bonds. The summed E-state index contributed by atoms with van der Waals surface area (Å²) in [6, 6.07) is 14.8. The minimum atomic E-state index is -4.84. The Hall–Kier alpha value is -3.21. The number of carbonyl (C=O) groups is 1. The molecule has 1 atom stereocenters. The standard InChI is InChI=1S/C26H18F4O/c27-24-12-9-18(14-23(24)26(28,29)30)25(31)17-6-5-16-8-10-20-19-4-2-1-3-15(19)7-11-21(20)22(16)13-17/h1-4,8-14,17H,5-7H2. The van der Waals surface area contributed by atoms with Gasteiger partial charge in [-0.15, -0.1) is 0 Å². The number of Topliss-reactive ketones (excluding diaryl/α,β-unsaturated/α-hetero) is 1. The molecule has 2 aliphatic carbocycles. The van der Waals surface area contributed by atoms with E-state index in [2.05, 4.69) is 30.3 Å². The van der Waals surface area contributed by atoms with Crippen LogP contribution in [0.1, 0.15) is 33.5 Å². The maximum absolute atomic E-state index is 13.6. The lowest BCUT2D eigenvalue weighted by molar-refractivity contribution is -0.140. The number of ketones is 1. The maximum atomic E-state index is 13.6. The Kier molecular flexibility index (Phi) is 4.58. The van der Waals surface area contributed by atoms with E-state index in [0.29, 0.717) is 18.9 Å². The molecule has 0 aromatic heterocycles. The molecule has 1 nitrogen and oxygen atoms in total. The highest BCUT2D eigenvalue weighted by molar-refractivity contribution is 6.01. The van der Waals surface area contributed by atoms with Crippen molar-refractivity contribution in [1.29, 1.82) is 0 Å². The zero-order valence-electron chi connectivity index (χ0n) is 16.5. The number of carbonyl (C=O) groups excluding carboxylic acids is 1. The van der Waals surface area contributed by atoms with Gasteiger partial charge in [0.05, 0.1) is 5.56 Å². The summed E-state index contributed by atoms with van der Waals surface area (Å²) in [6.45, 7) is 0. The molecule has 1 unspecified atom stereocenters. The van der Waals surface area contributed by atoms with E-state index >= 15 is 0 Å². The van der Waals surface area contributed by atoms with Crippen LogP contribution in [0.4, 0.5) is 17.6 Å². The van der Waals surface area contributed by atoms with E-state index in [4.69, 9.17) is 0 Å². The van der Waals surface area contributed by atoms with Crippen LogP contribution in [0.25, 0.3) is 23.3 Å². The van der Waals surface area contributed by atoms with E-state index in [0.717, 1.165) is 45.7 Å². The SMILES string of the molecule is O=C(c1ccc(F)c(C(F)(F)F)c1)C1C=c2c(ccc3c2=CCc2ccccc2-3)CC1. The molecule has 0 fully saturated rings. The minimum Gasteiger partial charge on any atom is -0.294 e. The first kappa shape index (κ1) is 19.7. The van der Waals surface area contributed by atoms with Crippen LogP contribution in [0.15, 0.2) is 54.6 Å². The van der Waals surface area contributed by atoms with Crippen molar-refractivity contribution in [1.82, 2.24) is 0 Å². The van der Waals surface area contributed by atoms with Crippen molar-refractivity contribution in [2.75, 3.05) is 0 Å². The van der Waals surface area contributed by atoms with Crippen LogP contribution < -0.4 is 10.4 Å². The van der Waals surface area contributed by atoms with Gasteiger partial charge in [-0.3, -0.25) is 4.79 Å². The molecule has 0 spiro atoms. The molecule has 2 aliphatic rings. The highest BCUT2D eigenvalue weighted by Crippen LogP contribution is 2.33. The quantitative estimate of drug-likeness (QED) is 0.416. The normalized spacial score (nSPS) is 17.0. The molecule has 0 heterocycles. The summed E-state index contributed by atoms with van der Waals surface area (Å²) in [5, 5.41) is 2.05. The van der Waals surface area contributed by atoms with Gasteiger partial charge in [0.25, 0.3) is 0 Å². The number of alkyl halides is 3. The van der Waals surface area contributed by atoms with Crippen molar-refractivity contribution in [2.45, 2.75) is 25.4 Å². The Morgan fingerprint density at radius 3 is 2.52 bits per heavy atom. The monoisotopic (exact) mass is 422 g/mol. The molecular formula is C26H18F4O. The summed E-state index contributed by atoms with van der Waals surface area (Å²) in [6.07, 6.45) is 1.16. The van der Waals surface area contributed by atoms with E-state index in [1.54, 1.807) is 0 Å². The van der Waals surface area contributed by atoms with Crippen LogP contribution in [-0.2, 0) is 19.0 Å². The molecule has 0 bridgehead atoms. The molecule has 0 saturated heterocycles. The van der Waals surface area contributed by atoms with Crippen molar-refractivity contribution in [3.05, 3.63) is 93.1 Å². The van der Waals surface area contributed by atoms with Crippen LogP contribution >= 0.6 is 0 Å². The van der Waals surface area contributed by atoms with Crippen molar-refractivity contribution < 1.29 is 22.4 Å². The molecule has 0 aliphatic heterocycles. The van der Waals surface area contributed by atoms with Gasteiger partial charge in [0.1, 0.15) is 5.82 Å². The van der Waals surface area contributed by atoms with Gasteiger partial charge in [-0.1, -0.05) is 48.6 Å². The topological polar surface area (TPSA) is 17.1 Å². The largest absolute Gasteiger partial charge is 0.419 e. The second-order valence-electron chi connectivity index (χ2n) is 8.03. The van der Waals surface area contributed by atoms with Gasteiger partial charge >= 0.3 is 6.18 Å². The molecule has 3 aromatic carbocycles. The Labute approximate surface area is 176 Å². The third kappa shape index (κ3) is 3.38. The van der Waals surface area contributed by atoms with E-state index in [1.165, 1.54) is 5.56 Å². The second kappa shape index (κ2) is 7.19. The number of rotatable bonds is 2. The molecule has 0 saturated carbocycles. The fraction of sp³-hybridized carbons (Fsp3) is 0.192. The lowest BCUT2D eigenvalue weighted by Crippen LogP contribution is -2.37. The highest BCUT2D eigenvalue weighted by Gasteiger charge is 2.35. The smallest absolute Gasteiger partial charge is 0.294 e. The van der Waals surface area contributed by atoms with Crippen molar-refractivity contribution in [3.63, 3.8) is 0 Å². The van der Waals surface area contributed by atoms with Crippen LogP contribution in [0.3, 0.4) is 0 Å². The van der Waals surface area contributed by atoms with Gasteiger partial charge in [0.15, 0.2) is 5.78 Å². The van der Waals surface area contributed by atoms with Gasteiger partial charge in [0.2, 0.25) is 0 Å². The van der Waals surface area contributed by atoms with E-state index in [-0.39, 0.29) is 5.56 Å². The number of aryl methyl sites for hydroxylation is 1.